The summed E-state index contributed by atoms with van der Waals surface area (Å²) in [4.78, 5) is 12.1. The van der Waals surface area contributed by atoms with E-state index in [2.05, 4.69) is 20.6 Å². The summed E-state index contributed by atoms with van der Waals surface area (Å²) in [7, 11) is -1.66. The molecule has 0 saturated carbocycles. The van der Waals surface area contributed by atoms with Gasteiger partial charge in [0.25, 0.3) is 5.91 Å². The maximum Gasteiger partial charge on any atom is 0.322 e. The molecule has 2 aromatic heterocycles. The number of benzene rings is 1. The molecule has 3 rings (SSSR count). The Morgan fingerprint density at radius 1 is 1.25 bits per heavy atom. The van der Waals surface area contributed by atoms with Crippen molar-refractivity contribution in [2.45, 2.75) is 4.90 Å². The smallest absolute Gasteiger partial charge is 0.322 e. The van der Waals surface area contributed by atoms with Gasteiger partial charge in [-0.1, -0.05) is 11.2 Å². The highest BCUT2D eigenvalue weighted by Gasteiger charge is 2.16. The minimum Gasteiger partial charge on any atom is -0.403 e. The van der Waals surface area contributed by atoms with Crippen LogP contribution >= 0.6 is 0 Å². The molecular weight excluding hydrogens is 334 g/mol. The molecule has 2 heterocycles. The zero-order valence-electron chi connectivity index (χ0n) is 12.8. The summed E-state index contributed by atoms with van der Waals surface area (Å²) in [5, 5.41) is 13.9. The summed E-state index contributed by atoms with van der Waals surface area (Å²) in [6.07, 6.45) is 2.74. The number of aromatic nitrogens is 4. The predicted octanol–water partition coefficient (Wildman–Crippen LogP) is 1.13. The van der Waals surface area contributed by atoms with Crippen molar-refractivity contribution in [3.63, 3.8) is 0 Å². The van der Waals surface area contributed by atoms with Crippen LogP contribution in [0.25, 0.3) is 11.5 Å². The maximum absolute atomic E-state index is 12.0. The minimum absolute atomic E-state index is 0.0943. The van der Waals surface area contributed by atoms with E-state index < -0.39 is 15.7 Å². The van der Waals surface area contributed by atoms with E-state index in [9.17, 15) is 13.2 Å². The van der Waals surface area contributed by atoms with E-state index in [1.807, 2.05) is 0 Å². The quantitative estimate of drug-likeness (QED) is 0.751. The van der Waals surface area contributed by atoms with Gasteiger partial charge in [-0.15, -0.1) is 5.10 Å². The Morgan fingerprint density at radius 3 is 2.71 bits per heavy atom. The van der Waals surface area contributed by atoms with Crippen molar-refractivity contribution in [1.82, 2.24) is 20.0 Å². The molecular formula is C14H13N5O4S. The Balaban J connectivity index is 1.82. The van der Waals surface area contributed by atoms with Crippen molar-refractivity contribution in [2.24, 2.45) is 7.05 Å². The van der Waals surface area contributed by atoms with E-state index in [0.29, 0.717) is 5.56 Å². The van der Waals surface area contributed by atoms with E-state index in [1.165, 1.54) is 16.8 Å². The van der Waals surface area contributed by atoms with Crippen LogP contribution in [0.4, 0.5) is 6.01 Å². The lowest BCUT2D eigenvalue weighted by Crippen LogP contribution is -2.13. The Kier molecular flexibility index (Phi) is 3.89. The van der Waals surface area contributed by atoms with Gasteiger partial charge in [-0.25, -0.2) is 8.42 Å². The number of rotatable bonds is 4. The highest BCUT2D eigenvalue weighted by Crippen LogP contribution is 2.22. The first-order valence-corrected chi connectivity index (χ1v) is 8.67. The van der Waals surface area contributed by atoms with E-state index >= 15 is 0 Å². The number of nitrogens with zero attached hydrogens (tertiary/aromatic N) is 4. The average Bonchev–Trinajstić information content (AvgIpc) is 3.16. The Labute approximate surface area is 137 Å². The molecule has 124 valence electrons. The second-order valence-corrected chi connectivity index (χ2v) is 7.06. The first kappa shape index (κ1) is 15.9. The van der Waals surface area contributed by atoms with Gasteiger partial charge in [0.15, 0.2) is 15.5 Å². The first-order chi connectivity index (χ1) is 11.3. The monoisotopic (exact) mass is 347 g/mol. The molecule has 1 aromatic carbocycles. The first-order valence-electron chi connectivity index (χ1n) is 6.78. The Hall–Kier alpha value is -3.01. The summed E-state index contributed by atoms with van der Waals surface area (Å²) in [5.41, 5.74) is 0.639. The summed E-state index contributed by atoms with van der Waals surface area (Å²) in [6.45, 7) is 0. The van der Waals surface area contributed by atoms with Crippen molar-refractivity contribution >= 4 is 21.8 Å². The second kappa shape index (κ2) is 5.89. The van der Waals surface area contributed by atoms with Crippen LogP contribution in [0.2, 0.25) is 0 Å². The van der Waals surface area contributed by atoms with Gasteiger partial charge in [-0.3, -0.25) is 14.8 Å². The molecule has 0 radical (unpaired) electrons. The van der Waals surface area contributed by atoms with Gasteiger partial charge in [-0.2, -0.15) is 5.10 Å². The van der Waals surface area contributed by atoms with Gasteiger partial charge in [0.05, 0.1) is 4.90 Å². The van der Waals surface area contributed by atoms with Gasteiger partial charge < -0.3 is 4.42 Å². The van der Waals surface area contributed by atoms with Gasteiger partial charge >= 0.3 is 6.01 Å². The molecule has 1 amide bonds. The number of hydrogen-bond donors (Lipinski definition) is 1. The predicted molar refractivity (Wildman–Crippen MR) is 84.0 cm³/mol. The highest BCUT2D eigenvalue weighted by atomic mass is 32.2. The van der Waals surface area contributed by atoms with E-state index in [1.54, 1.807) is 31.4 Å². The maximum atomic E-state index is 12.0. The number of carbonyl (C=O) groups is 1. The molecule has 10 heteroatoms. The molecule has 0 saturated heterocycles. The van der Waals surface area contributed by atoms with Crippen molar-refractivity contribution in [1.29, 1.82) is 0 Å². The lowest BCUT2D eigenvalue weighted by molar-refractivity contribution is 0.101. The fourth-order valence-electron chi connectivity index (χ4n) is 1.95. The molecule has 1 N–H and O–H groups in total. The number of nitrogens with one attached hydrogen (secondary N) is 1. The summed E-state index contributed by atoms with van der Waals surface area (Å²) in [5.74, 6) is -0.396. The molecule has 0 atom stereocenters. The number of anilines is 1. The largest absolute Gasteiger partial charge is 0.403 e. The third-order valence-corrected chi connectivity index (χ3v) is 4.21. The SMILES string of the molecule is Cn1ccc(C(=O)Nc2nnc(-c3cccc(S(C)(=O)=O)c3)o2)n1. The molecule has 0 fully saturated rings. The van der Waals surface area contributed by atoms with Crippen LogP contribution in [0, 0.1) is 0 Å². The van der Waals surface area contributed by atoms with Gasteiger partial charge in [0.2, 0.25) is 5.89 Å². The minimum atomic E-state index is -3.35. The zero-order valence-corrected chi connectivity index (χ0v) is 13.6. The number of amides is 1. The molecule has 0 spiro atoms. The van der Waals surface area contributed by atoms with Crippen LogP contribution in [0.3, 0.4) is 0 Å². The van der Waals surface area contributed by atoms with Crippen molar-refractivity contribution in [2.75, 3.05) is 11.6 Å². The average molecular weight is 347 g/mol. The zero-order chi connectivity index (χ0) is 17.3. The third kappa shape index (κ3) is 3.33. The Bertz CT molecular complexity index is 1010. The van der Waals surface area contributed by atoms with Gasteiger partial charge in [0.1, 0.15) is 0 Å². The van der Waals surface area contributed by atoms with E-state index in [4.69, 9.17) is 4.42 Å². The molecule has 0 bridgehead atoms. The summed E-state index contributed by atoms with van der Waals surface area (Å²) in [6, 6.07) is 7.54. The van der Waals surface area contributed by atoms with Crippen molar-refractivity contribution in [3.8, 4) is 11.5 Å². The number of hydrogen-bond acceptors (Lipinski definition) is 7. The van der Waals surface area contributed by atoms with Crippen LogP contribution in [-0.2, 0) is 16.9 Å². The Morgan fingerprint density at radius 2 is 2.04 bits per heavy atom. The second-order valence-electron chi connectivity index (χ2n) is 5.04. The highest BCUT2D eigenvalue weighted by molar-refractivity contribution is 7.90. The fourth-order valence-corrected chi connectivity index (χ4v) is 2.61. The topological polar surface area (TPSA) is 120 Å². The molecule has 9 nitrogen and oxygen atoms in total. The van der Waals surface area contributed by atoms with Crippen LogP contribution in [-0.4, -0.2) is 40.6 Å². The molecule has 0 unspecified atom stereocenters. The van der Waals surface area contributed by atoms with Crippen LogP contribution in [0.1, 0.15) is 10.5 Å². The van der Waals surface area contributed by atoms with Gasteiger partial charge in [-0.05, 0) is 24.3 Å². The lowest BCUT2D eigenvalue weighted by atomic mass is 10.2. The summed E-state index contributed by atoms with van der Waals surface area (Å²) >= 11 is 0. The third-order valence-electron chi connectivity index (χ3n) is 3.10. The van der Waals surface area contributed by atoms with Gasteiger partial charge in [0, 0.05) is 25.1 Å². The van der Waals surface area contributed by atoms with E-state index in [0.717, 1.165) is 6.26 Å². The summed E-state index contributed by atoms with van der Waals surface area (Å²) < 4.78 is 30.0. The number of carbonyl (C=O) groups excluding carboxylic acids is 1. The molecule has 24 heavy (non-hydrogen) atoms. The standard InChI is InChI=1S/C14H13N5O4S/c1-19-7-6-11(18-19)12(20)15-14-17-16-13(23-14)9-4-3-5-10(8-9)24(2,21)22/h3-8H,1-2H3,(H,15,17,20). The molecule has 0 aliphatic heterocycles. The lowest BCUT2D eigenvalue weighted by Gasteiger charge is -2.00. The van der Waals surface area contributed by atoms with Crippen LogP contribution in [0.5, 0.6) is 0 Å². The van der Waals surface area contributed by atoms with Crippen LogP contribution < -0.4 is 5.32 Å². The fraction of sp³-hybridized carbons (Fsp3) is 0.143. The van der Waals surface area contributed by atoms with Crippen LogP contribution in [0.15, 0.2) is 45.8 Å². The molecule has 3 aromatic rings. The normalized spacial score (nSPS) is 11.4. The number of sulfone groups is 1. The molecule has 0 aliphatic rings. The molecule has 0 aliphatic carbocycles. The number of aryl methyl sites for hydroxylation is 1. The van der Waals surface area contributed by atoms with E-state index in [-0.39, 0.29) is 22.5 Å². The van der Waals surface area contributed by atoms with Crippen molar-refractivity contribution < 1.29 is 17.6 Å². The van der Waals surface area contributed by atoms with Crippen molar-refractivity contribution in [3.05, 3.63) is 42.2 Å².